The molecule has 1 aromatic carbocycles. The molecule has 0 fully saturated rings. The molecule has 8 heteroatoms. The number of rotatable bonds is 7. The van der Waals surface area contributed by atoms with Crippen molar-refractivity contribution < 1.29 is 35.8 Å². The van der Waals surface area contributed by atoms with Crippen LogP contribution in [0.2, 0.25) is 0 Å². The summed E-state index contributed by atoms with van der Waals surface area (Å²) in [6.07, 6.45) is -1.80. The second kappa shape index (κ2) is 7.80. The SMILES string of the molecule is COc1ccc(C(F)(F)OC2=CCC(CCC(C)(F)F)CC2)c(F)c1F. The van der Waals surface area contributed by atoms with E-state index in [-0.39, 0.29) is 30.9 Å². The van der Waals surface area contributed by atoms with Gasteiger partial charge in [0.25, 0.3) is 0 Å². The quantitative estimate of drug-likeness (QED) is 0.526. The Kier molecular flexibility index (Phi) is 6.13. The van der Waals surface area contributed by atoms with Crippen LogP contribution in [-0.2, 0) is 10.8 Å². The van der Waals surface area contributed by atoms with E-state index in [4.69, 9.17) is 0 Å². The second-order valence-corrected chi connectivity index (χ2v) is 6.48. The Hall–Kier alpha value is -1.86. The monoisotopic (exact) mass is 382 g/mol. The molecular weight excluding hydrogens is 362 g/mol. The average molecular weight is 382 g/mol. The molecule has 0 amide bonds. The van der Waals surface area contributed by atoms with Crippen LogP contribution in [0.25, 0.3) is 0 Å². The van der Waals surface area contributed by atoms with Gasteiger partial charge < -0.3 is 9.47 Å². The first-order valence-electron chi connectivity index (χ1n) is 8.19. The van der Waals surface area contributed by atoms with E-state index in [1.807, 2.05) is 0 Å². The highest BCUT2D eigenvalue weighted by atomic mass is 19.3. The zero-order valence-electron chi connectivity index (χ0n) is 14.4. The third-order valence-electron chi connectivity index (χ3n) is 4.31. The van der Waals surface area contributed by atoms with Crippen molar-refractivity contribution in [3.8, 4) is 5.75 Å². The fraction of sp³-hybridized carbons (Fsp3) is 0.556. The Morgan fingerprint density at radius 3 is 2.35 bits per heavy atom. The van der Waals surface area contributed by atoms with Crippen LogP contribution in [0.15, 0.2) is 24.0 Å². The van der Waals surface area contributed by atoms with E-state index in [1.54, 1.807) is 0 Å². The number of benzene rings is 1. The van der Waals surface area contributed by atoms with Gasteiger partial charge >= 0.3 is 6.11 Å². The molecule has 0 radical (unpaired) electrons. The molecule has 0 heterocycles. The van der Waals surface area contributed by atoms with Gasteiger partial charge in [-0.3, -0.25) is 0 Å². The second-order valence-electron chi connectivity index (χ2n) is 6.48. The summed E-state index contributed by atoms with van der Waals surface area (Å²) in [6, 6.07) is 1.59. The summed E-state index contributed by atoms with van der Waals surface area (Å²) in [5, 5.41) is 0. The molecule has 1 atom stereocenters. The summed E-state index contributed by atoms with van der Waals surface area (Å²) in [5.74, 6) is -6.62. The average Bonchev–Trinajstić information content (AvgIpc) is 2.55. The first kappa shape index (κ1) is 20.5. The van der Waals surface area contributed by atoms with Crippen molar-refractivity contribution in [3.63, 3.8) is 0 Å². The number of ether oxygens (including phenoxy) is 2. The summed E-state index contributed by atoms with van der Waals surface area (Å²) >= 11 is 0. The van der Waals surface area contributed by atoms with E-state index in [0.717, 1.165) is 20.1 Å². The molecule has 0 bridgehead atoms. The maximum absolute atomic E-state index is 14.2. The van der Waals surface area contributed by atoms with Crippen LogP contribution < -0.4 is 4.74 Å². The van der Waals surface area contributed by atoms with Crippen LogP contribution in [0.5, 0.6) is 5.75 Å². The van der Waals surface area contributed by atoms with Crippen LogP contribution in [0.4, 0.5) is 26.3 Å². The van der Waals surface area contributed by atoms with Crippen molar-refractivity contribution in [1.29, 1.82) is 0 Å². The van der Waals surface area contributed by atoms with Gasteiger partial charge in [0, 0.05) is 12.8 Å². The van der Waals surface area contributed by atoms with Gasteiger partial charge in [-0.2, -0.15) is 13.2 Å². The number of methoxy groups -OCH3 is 1. The number of hydrogen-bond acceptors (Lipinski definition) is 2. The zero-order valence-corrected chi connectivity index (χ0v) is 14.4. The molecule has 1 unspecified atom stereocenters. The Morgan fingerprint density at radius 1 is 1.12 bits per heavy atom. The lowest BCUT2D eigenvalue weighted by atomic mass is 9.88. The highest BCUT2D eigenvalue weighted by molar-refractivity contribution is 5.32. The topological polar surface area (TPSA) is 18.5 Å². The molecule has 1 aliphatic carbocycles. The molecule has 2 nitrogen and oxygen atoms in total. The fourth-order valence-electron chi connectivity index (χ4n) is 2.81. The highest BCUT2D eigenvalue weighted by Gasteiger charge is 2.40. The van der Waals surface area contributed by atoms with Crippen molar-refractivity contribution in [2.45, 2.75) is 51.1 Å². The highest BCUT2D eigenvalue weighted by Crippen LogP contribution is 2.39. The van der Waals surface area contributed by atoms with Crippen LogP contribution in [0, 0.1) is 17.6 Å². The molecule has 1 aromatic rings. The molecule has 146 valence electrons. The smallest absolute Gasteiger partial charge is 0.429 e. The lowest BCUT2D eigenvalue weighted by Crippen LogP contribution is -2.22. The standard InChI is InChI=1S/C18H20F6O2/c1-17(21,22)10-9-11-3-5-12(6-4-11)26-18(23,24)13-7-8-14(25-2)16(20)15(13)19/h5,7-8,11H,3-4,6,9-10H2,1-2H3. The molecule has 0 spiro atoms. The molecule has 26 heavy (non-hydrogen) atoms. The lowest BCUT2D eigenvalue weighted by Gasteiger charge is -2.26. The number of hydrogen-bond donors (Lipinski definition) is 0. The van der Waals surface area contributed by atoms with Gasteiger partial charge in [-0.05, 0) is 50.3 Å². The molecular formula is C18H20F6O2. The molecule has 0 saturated carbocycles. The van der Waals surface area contributed by atoms with Gasteiger partial charge in [0.05, 0.1) is 12.9 Å². The van der Waals surface area contributed by atoms with Gasteiger partial charge in [0.1, 0.15) is 5.56 Å². The first-order valence-corrected chi connectivity index (χ1v) is 8.19. The maximum Gasteiger partial charge on any atom is 0.429 e. The Morgan fingerprint density at radius 2 is 1.81 bits per heavy atom. The Bertz CT molecular complexity index is 666. The number of halogens is 6. The van der Waals surface area contributed by atoms with E-state index < -0.39 is 35.0 Å². The van der Waals surface area contributed by atoms with Crippen molar-refractivity contribution in [2.24, 2.45) is 5.92 Å². The Labute approximate surface area is 147 Å². The normalized spacial score (nSPS) is 18.5. The first-order chi connectivity index (χ1) is 12.0. The molecule has 0 aliphatic heterocycles. The van der Waals surface area contributed by atoms with Gasteiger partial charge in [0.2, 0.25) is 11.7 Å². The van der Waals surface area contributed by atoms with Crippen molar-refractivity contribution >= 4 is 0 Å². The van der Waals surface area contributed by atoms with E-state index >= 15 is 0 Å². The van der Waals surface area contributed by atoms with Crippen molar-refractivity contribution in [1.82, 2.24) is 0 Å². The molecule has 1 aliphatic rings. The van der Waals surface area contributed by atoms with E-state index in [2.05, 4.69) is 9.47 Å². The molecule has 0 aromatic heterocycles. The zero-order chi connectivity index (χ0) is 19.5. The number of alkyl halides is 4. The van der Waals surface area contributed by atoms with Gasteiger partial charge in [-0.1, -0.05) is 0 Å². The summed E-state index contributed by atoms with van der Waals surface area (Å²) in [5.41, 5.74) is -1.23. The summed E-state index contributed by atoms with van der Waals surface area (Å²) in [6.45, 7) is 0.837. The minimum Gasteiger partial charge on any atom is -0.494 e. The lowest BCUT2D eigenvalue weighted by molar-refractivity contribution is -0.228. The summed E-state index contributed by atoms with van der Waals surface area (Å²) in [7, 11) is 1.09. The third kappa shape index (κ3) is 5.08. The predicted octanol–water partition coefficient (Wildman–Crippen LogP) is 6.16. The molecule has 0 saturated heterocycles. The van der Waals surface area contributed by atoms with Crippen LogP contribution in [-0.4, -0.2) is 13.0 Å². The molecule has 0 N–H and O–H groups in total. The minimum atomic E-state index is -4.06. The Balaban J connectivity index is 2.04. The van der Waals surface area contributed by atoms with Crippen LogP contribution in [0.1, 0.15) is 44.6 Å². The van der Waals surface area contributed by atoms with Crippen molar-refractivity contribution in [3.05, 3.63) is 41.2 Å². The minimum absolute atomic E-state index is 0.0445. The van der Waals surface area contributed by atoms with Gasteiger partial charge in [-0.25, -0.2) is 13.2 Å². The number of allylic oxidation sites excluding steroid dienone is 2. The van der Waals surface area contributed by atoms with E-state index in [1.165, 1.54) is 6.08 Å². The van der Waals surface area contributed by atoms with Crippen LogP contribution >= 0.6 is 0 Å². The van der Waals surface area contributed by atoms with E-state index in [9.17, 15) is 26.3 Å². The van der Waals surface area contributed by atoms with Gasteiger partial charge in [0.15, 0.2) is 11.6 Å². The largest absolute Gasteiger partial charge is 0.494 e. The van der Waals surface area contributed by atoms with Gasteiger partial charge in [-0.15, -0.1) is 0 Å². The maximum atomic E-state index is 14.2. The summed E-state index contributed by atoms with van der Waals surface area (Å²) in [4.78, 5) is 0. The van der Waals surface area contributed by atoms with Crippen molar-refractivity contribution in [2.75, 3.05) is 7.11 Å². The third-order valence-corrected chi connectivity index (χ3v) is 4.31. The fourth-order valence-corrected chi connectivity index (χ4v) is 2.81. The predicted molar refractivity (Wildman–Crippen MR) is 83.2 cm³/mol. The van der Waals surface area contributed by atoms with E-state index in [0.29, 0.717) is 18.9 Å². The molecule has 2 rings (SSSR count). The summed E-state index contributed by atoms with van der Waals surface area (Å²) < 4.78 is 90.8. The van der Waals surface area contributed by atoms with Crippen LogP contribution in [0.3, 0.4) is 0 Å².